The molecule has 0 bridgehead atoms. The Morgan fingerprint density at radius 3 is 2.56 bits per heavy atom. The summed E-state index contributed by atoms with van der Waals surface area (Å²) in [6.07, 6.45) is -1.72. The first-order chi connectivity index (χ1) is 11.5. The molecule has 0 spiro atoms. The molecular formula is C16H19ClF2N2O4. The zero-order chi connectivity index (χ0) is 18.9. The minimum atomic E-state index is -1.25. The number of halogens is 3. The van der Waals surface area contributed by atoms with Crippen molar-refractivity contribution in [1.82, 2.24) is 4.90 Å². The summed E-state index contributed by atoms with van der Waals surface area (Å²) in [6, 6.07) is 0.204. The van der Waals surface area contributed by atoms with E-state index in [2.05, 4.69) is 5.32 Å². The molecular weight excluding hydrogens is 358 g/mol. The molecule has 1 heterocycles. The van der Waals surface area contributed by atoms with Gasteiger partial charge >= 0.3 is 6.09 Å². The molecule has 2 N–H and O–H groups in total. The van der Waals surface area contributed by atoms with E-state index in [1.807, 2.05) is 0 Å². The second-order valence-corrected chi connectivity index (χ2v) is 7.12. The summed E-state index contributed by atoms with van der Waals surface area (Å²) in [5.74, 6) is -2.81. The number of anilines is 1. The van der Waals surface area contributed by atoms with Crippen LogP contribution >= 0.6 is 11.6 Å². The third-order valence-corrected chi connectivity index (χ3v) is 3.82. The maximum absolute atomic E-state index is 13.8. The first-order valence-electron chi connectivity index (χ1n) is 7.62. The third-order valence-electron chi connectivity index (χ3n) is 3.53. The molecule has 0 aromatic heterocycles. The molecule has 25 heavy (non-hydrogen) atoms. The largest absolute Gasteiger partial charge is 0.444 e. The van der Waals surface area contributed by atoms with Gasteiger partial charge in [0.25, 0.3) is 0 Å². The number of aliphatic hydroxyl groups is 1. The molecule has 0 unspecified atom stereocenters. The molecule has 1 aromatic rings. The van der Waals surface area contributed by atoms with Gasteiger partial charge in [0, 0.05) is 12.6 Å². The van der Waals surface area contributed by atoms with Crippen LogP contribution in [0.4, 0.5) is 19.3 Å². The molecule has 0 radical (unpaired) electrons. The predicted octanol–water partition coefficient (Wildman–Crippen LogP) is 2.93. The second kappa shape index (κ2) is 7.13. The monoisotopic (exact) mass is 376 g/mol. The molecule has 0 aliphatic carbocycles. The summed E-state index contributed by atoms with van der Waals surface area (Å²) in [4.78, 5) is 25.7. The first-order valence-corrected chi connectivity index (χ1v) is 8.00. The van der Waals surface area contributed by atoms with Crippen molar-refractivity contribution in [2.75, 3.05) is 11.9 Å². The molecule has 1 aliphatic rings. The van der Waals surface area contributed by atoms with Crippen molar-refractivity contribution < 1.29 is 28.2 Å². The molecule has 0 saturated carbocycles. The lowest BCUT2D eigenvalue weighted by atomic mass is 10.1. The van der Waals surface area contributed by atoms with Gasteiger partial charge in [-0.3, -0.25) is 9.69 Å². The summed E-state index contributed by atoms with van der Waals surface area (Å²) in [5.41, 5.74) is -1.12. The van der Waals surface area contributed by atoms with Crippen LogP contribution in [-0.4, -0.2) is 46.3 Å². The smallest absolute Gasteiger partial charge is 0.411 e. The summed E-state index contributed by atoms with van der Waals surface area (Å²) in [7, 11) is 0. The Morgan fingerprint density at radius 2 is 1.96 bits per heavy atom. The second-order valence-electron chi connectivity index (χ2n) is 6.71. The number of rotatable bonds is 2. The number of carbonyl (C=O) groups excluding carboxylic acids is 2. The highest BCUT2D eigenvalue weighted by Crippen LogP contribution is 2.26. The maximum Gasteiger partial charge on any atom is 0.411 e. The fourth-order valence-corrected chi connectivity index (χ4v) is 2.61. The number of likely N-dealkylation sites (tertiary alicyclic amines) is 1. The Kier molecular flexibility index (Phi) is 5.53. The van der Waals surface area contributed by atoms with Gasteiger partial charge in [0.15, 0.2) is 0 Å². The minimum Gasteiger partial charge on any atom is -0.444 e. The van der Waals surface area contributed by atoms with Gasteiger partial charge in [-0.05, 0) is 33.3 Å². The predicted molar refractivity (Wildman–Crippen MR) is 87.3 cm³/mol. The Bertz CT molecular complexity index is 693. The molecule has 1 saturated heterocycles. The van der Waals surface area contributed by atoms with Crippen molar-refractivity contribution >= 4 is 29.3 Å². The van der Waals surface area contributed by atoms with Gasteiger partial charge < -0.3 is 15.2 Å². The van der Waals surface area contributed by atoms with E-state index >= 15 is 0 Å². The van der Waals surface area contributed by atoms with Gasteiger partial charge in [-0.15, -0.1) is 0 Å². The molecule has 1 aliphatic heterocycles. The van der Waals surface area contributed by atoms with E-state index in [1.54, 1.807) is 20.8 Å². The maximum atomic E-state index is 13.8. The average Bonchev–Trinajstić information content (AvgIpc) is 2.85. The van der Waals surface area contributed by atoms with Crippen LogP contribution in [0.5, 0.6) is 0 Å². The molecule has 2 rings (SSSR count). The van der Waals surface area contributed by atoms with Crippen LogP contribution in [0.15, 0.2) is 12.1 Å². The number of ether oxygens (including phenoxy) is 1. The molecule has 9 heteroatoms. The molecule has 1 aromatic carbocycles. The standard InChI is InChI=1S/C16H19ClF2N2O4/c1-16(2,3)25-15(24)21-5-4-12(22)13(21)14(23)20-11-6-8(17)9(18)7-10(11)19/h6-7,12-13,22H,4-5H2,1-3H3,(H,20,23)/t12-,13-/m0/s1. The Morgan fingerprint density at radius 1 is 1.32 bits per heavy atom. The Hall–Kier alpha value is -1.93. The average molecular weight is 377 g/mol. The minimum absolute atomic E-state index is 0.112. The van der Waals surface area contributed by atoms with Crippen LogP contribution in [0, 0.1) is 11.6 Å². The van der Waals surface area contributed by atoms with Crippen molar-refractivity contribution in [2.24, 2.45) is 0 Å². The number of nitrogens with one attached hydrogen (secondary N) is 1. The van der Waals surface area contributed by atoms with Crippen molar-refractivity contribution in [1.29, 1.82) is 0 Å². The summed E-state index contributed by atoms with van der Waals surface area (Å²) in [5, 5.41) is 11.9. The first kappa shape index (κ1) is 19.4. The molecule has 2 atom stereocenters. The highest BCUT2D eigenvalue weighted by molar-refractivity contribution is 6.31. The SMILES string of the molecule is CC(C)(C)OC(=O)N1CC[C@H](O)[C@H]1C(=O)Nc1cc(Cl)c(F)cc1F. The summed E-state index contributed by atoms with van der Waals surface area (Å²) < 4.78 is 32.2. The van der Waals surface area contributed by atoms with Gasteiger partial charge in [-0.1, -0.05) is 11.6 Å². The highest BCUT2D eigenvalue weighted by atomic mass is 35.5. The van der Waals surface area contributed by atoms with Gasteiger partial charge in [-0.25, -0.2) is 13.6 Å². The van der Waals surface area contributed by atoms with Crippen LogP contribution < -0.4 is 5.32 Å². The van der Waals surface area contributed by atoms with E-state index < -0.39 is 41.4 Å². The molecule has 2 amide bonds. The van der Waals surface area contributed by atoms with Crippen LogP contribution in [0.25, 0.3) is 0 Å². The van der Waals surface area contributed by atoms with Crippen LogP contribution in [0.2, 0.25) is 5.02 Å². The third kappa shape index (κ3) is 4.58. The quantitative estimate of drug-likeness (QED) is 0.778. The zero-order valence-electron chi connectivity index (χ0n) is 14.0. The van der Waals surface area contributed by atoms with Crippen molar-refractivity contribution in [3.63, 3.8) is 0 Å². The van der Waals surface area contributed by atoms with Crippen molar-refractivity contribution in [2.45, 2.75) is 44.9 Å². The number of hydrogen-bond acceptors (Lipinski definition) is 4. The van der Waals surface area contributed by atoms with E-state index in [-0.39, 0.29) is 23.7 Å². The summed E-state index contributed by atoms with van der Waals surface area (Å²) in [6.45, 7) is 5.12. The van der Waals surface area contributed by atoms with Crippen molar-refractivity contribution in [3.05, 3.63) is 28.8 Å². The lowest BCUT2D eigenvalue weighted by molar-refractivity contribution is -0.122. The van der Waals surface area contributed by atoms with E-state index in [0.717, 1.165) is 11.0 Å². The van der Waals surface area contributed by atoms with Gasteiger partial charge in [0.2, 0.25) is 5.91 Å². The number of hydrogen-bond donors (Lipinski definition) is 2. The summed E-state index contributed by atoms with van der Waals surface area (Å²) >= 11 is 5.58. The lowest BCUT2D eigenvalue weighted by Gasteiger charge is -2.28. The molecule has 6 nitrogen and oxygen atoms in total. The van der Waals surface area contributed by atoms with E-state index in [0.29, 0.717) is 6.07 Å². The number of carbonyl (C=O) groups is 2. The molecule has 1 fully saturated rings. The Balaban J connectivity index is 2.18. The zero-order valence-corrected chi connectivity index (χ0v) is 14.7. The molecule has 138 valence electrons. The normalized spacial score (nSPS) is 20.5. The topological polar surface area (TPSA) is 78.9 Å². The number of nitrogens with zero attached hydrogens (tertiary/aromatic N) is 1. The van der Waals surface area contributed by atoms with E-state index in [9.17, 15) is 23.5 Å². The van der Waals surface area contributed by atoms with Crippen LogP contribution in [0.1, 0.15) is 27.2 Å². The Labute approximate surface area is 148 Å². The fourth-order valence-electron chi connectivity index (χ4n) is 2.44. The van der Waals surface area contributed by atoms with Gasteiger partial charge in [0.1, 0.15) is 23.3 Å². The number of amides is 2. The number of benzene rings is 1. The lowest BCUT2D eigenvalue weighted by Crippen LogP contribution is -2.49. The highest BCUT2D eigenvalue weighted by Gasteiger charge is 2.43. The van der Waals surface area contributed by atoms with E-state index in [1.165, 1.54) is 0 Å². The van der Waals surface area contributed by atoms with Crippen LogP contribution in [0.3, 0.4) is 0 Å². The number of aliphatic hydroxyl groups excluding tert-OH is 1. The fraction of sp³-hybridized carbons (Fsp3) is 0.500. The van der Waals surface area contributed by atoms with Gasteiger partial charge in [0.05, 0.1) is 16.8 Å². The van der Waals surface area contributed by atoms with Gasteiger partial charge in [-0.2, -0.15) is 0 Å². The van der Waals surface area contributed by atoms with Crippen molar-refractivity contribution in [3.8, 4) is 0 Å². The van der Waals surface area contributed by atoms with E-state index in [4.69, 9.17) is 16.3 Å². The van der Waals surface area contributed by atoms with Crippen LogP contribution in [-0.2, 0) is 9.53 Å².